The van der Waals surface area contributed by atoms with Crippen LogP contribution in [0.1, 0.15) is 0 Å². The minimum Gasteiger partial charge on any atom is -0.316 e. The molecule has 6 nitrogen and oxygen atoms in total. The second-order valence-electron chi connectivity index (χ2n) is 4.07. The summed E-state index contributed by atoms with van der Waals surface area (Å²) in [5.41, 5.74) is 0. The number of nitrogens with one attached hydrogen (secondary N) is 3. The van der Waals surface area contributed by atoms with Gasteiger partial charge in [0.25, 0.3) is 0 Å². The van der Waals surface area contributed by atoms with E-state index in [1.54, 1.807) is 0 Å². The fraction of sp³-hybridized carbons (Fsp3) is 0.625. The summed E-state index contributed by atoms with van der Waals surface area (Å²) in [5, 5.41) is 9.35. The van der Waals surface area contributed by atoms with Crippen molar-refractivity contribution in [2.24, 2.45) is 11.8 Å². The summed E-state index contributed by atoms with van der Waals surface area (Å²) >= 11 is 0. The predicted octanol–water partition coefficient (Wildman–Crippen LogP) is -1.09. The lowest BCUT2D eigenvalue weighted by Gasteiger charge is -2.06. The molecule has 2 fully saturated rings. The Balaban J connectivity index is 1.74. The Labute approximate surface area is 87.5 Å². The van der Waals surface area contributed by atoms with Crippen molar-refractivity contribution < 1.29 is 8.42 Å². The first kappa shape index (κ1) is 9.32. The van der Waals surface area contributed by atoms with Crippen molar-refractivity contribution >= 4 is 10.0 Å². The Morgan fingerprint density at radius 1 is 1.40 bits per heavy atom. The van der Waals surface area contributed by atoms with E-state index in [0.717, 1.165) is 13.1 Å². The van der Waals surface area contributed by atoms with Gasteiger partial charge in [-0.25, -0.2) is 13.1 Å². The highest BCUT2D eigenvalue weighted by molar-refractivity contribution is 7.89. The van der Waals surface area contributed by atoms with Gasteiger partial charge in [0.05, 0.1) is 6.20 Å². The fourth-order valence-electron chi connectivity index (χ4n) is 2.23. The van der Waals surface area contributed by atoms with E-state index in [1.807, 2.05) is 0 Å². The Morgan fingerprint density at radius 3 is 2.73 bits per heavy atom. The van der Waals surface area contributed by atoms with E-state index in [9.17, 15) is 8.42 Å². The van der Waals surface area contributed by atoms with Crippen molar-refractivity contribution in [1.29, 1.82) is 0 Å². The van der Waals surface area contributed by atoms with Crippen LogP contribution in [0.25, 0.3) is 0 Å². The molecule has 3 N–H and O–H groups in total. The van der Waals surface area contributed by atoms with Gasteiger partial charge in [0.2, 0.25) is 10.0 Å². The average Bonchev–Trinajstić information content (AvgIpc) is 2.75. The quantitative estimate of drug-likeness (QED) is 0.613. The number of aromatic amines is 1. The van der Waals surface area contributed by atoms with Gasteiger partial charge in [-0.2, -0.15) is 5.10 Å². The van der Waals surface area contributed by atoms with Crippen LogP contribution < -0.4 is 10.0 Å². The van der Waals surface area contributed by atoms with E-state index in [0.29, 0.717) is 11.8 Å². The zero-order chi connectivity index (χ0) is 10.5. The molecule has 1 aromatic heterocycles. The van der Waals surface area contributed by atoms with E-state index in [4.69, 9.17) is 0 Å². The lowest BCUT2D eigenvalue weighted by Crippen LogP contribution is -2.32. The van der Waals surface area contributed by atoms with E-state index in [2.05, 4.69) is 20.2 Å². The highest BCUT2D eigenvalue weighted by Gasteiger charge is 2.54. The van der Waals surface area contributed by atoms with Crippen molar-refractivity contribution in [3.05, 3.63) is 12.4 Å². The van der Waals surface area contributed by atoms with E-state index >= 15 is 0 Å². The van der Waals surface area contributed by atoms with Gasteiger partial charge >= 0.3 is 0 Å². The molecule has 0 spiro atoms. The molecule has 1 aliphatic carbocycles. The number of H-pyrrole nitrogens is 1. The van der Waals surface area contributed by atoms with Crippen LogP contribution in [0.4, 0.5) is 0 Å². The molecule has 1 aliphatic heterocycles. The number of aromatic nitrogens is 2. The number of piperidine rings is 1. The number of hydrogen-bond donors (Lipinski definition) is 3. The molecule has 2 heterocycles. The van der Waals surface area contributed by atoms with Crippen LogP contribution in [0.15, 0.2) is 17.3 Å². The summed E-state index contributed by atoms with van der Waals surface area (Å²) in [7, 11) is -3.37. The van der Waals surface area contributed by atoms with E-state index in [-0.39, 0.29) is 10.9 Å². The van der Waals surface area contributed by atoms with Crippen molar-refractivity contribution in [2.75, 3.05) is 13.1 Å². The molecule has 2 atom stereocenters. The molecule has 0 aromatic carbocycles. The lowest BCUT2D eigenvalue weighted by molar-refractivity contribution is 0.565. The summed E-state index contributed by atoms with van der Waals surface area (Å²) in [6.45, 7) is 1.84. The number of hydrogen-bond acceptors (Lipinski definition) is 4. The van der Waals surface area contributed by atoms with Gasteiger partial charge in [-0.15, -0.1) is 0 Å². The van der Waals surface area contributed by atoms with Gasteiger partial charge in [-0.05, 0) is 24.9 Å². The lowest BCUT2D eigenvalue weighted by atomic mass is 10.4. The van der Waals surface area contributed by atoms with Crippen molar-refractivity contribution in [3.8, 4) is 0 Å². The summed E-state index contributed by atoms with van der Waals surface area (Å²) in [6, 6.07) is 0.117. The molecule has 0 bridgehead atoms. The first-order chi connectivity index (χ1) is 7.18. The topological polar surface area (TPSA) is 86.9 Å². The first-order valence-electron chi connectivity index (χ1n) is 4.90. The van der Waals surface area contributed by atoms with Gasteiger partial charge in [0, 0.05) is 12.2 Å². The predicted molar refractivity (Wildman–Crippen MR) is 52.5 cm³/mol. The van der Waals surface area contributed by atoms with Crippen molar-refractivity contribution in [1.82, 2.24) is 20.2 Å². The maximum atomic E-state index is 11.8. The Hall–Kier alpha value is -0.920. The zero-order valence-electron chi connectivity index (χ0n) is 7.97. The second kappa shape index (κ2) is 3.03. The SMILES string of the molecule is O=S(=O)(NC1C2CNCC21)c1cn[nH]c1. The first-order valence-corrected chi connectivity index (χ1v) is 6.38. The smallest absolute Gasteiger partial charge is 0.243 e. The van der Waals surface area contributed by atoms with Crippen LogP contribution >= 0.6 is 0 Å². The maximum absolute atomic E-state index is 11.8. The molecule has 1 aromatic rings. The Bertz CT molecular complexity index is 445. The largest absolute Gasteiger partial charge is 0.316 e. The fourth-order valence-corrected chi connectivity index (χ4v) is 3.47. The monoisotopic (exact) mass is 228 g/mol. The minimum absolute atomic E-state index is 0.117. The van der Waals surface area contributed by atoms with E-state index in [1.165, 1.54) is 12.4 Å². The van der Waals surface area contributed by atoms with Gasteiger partial charge in [-0.1, -0.05) is 0 Å². The van der Waals surface area contributed by atoms with Crippen molar-refractivity contribution in [3.63, 3.8) is 0 Å². The maximum Gasteiger partial charge on any atom is 0.243 e. The molecule has 0 amide bonds. The Kier molecular flexibility index (Phi) is 1.88. The summed E-state index contributed by atoms with van der Waals surface area (Å²) < 4.78 is 26.3. The van der Waals surface area contributed by atoms with Gasteiger partial charge < -0.3 is 5.32 Å². The average molecular weight is 228 g/mol. The molecule has 1 saturated heterocycles. The third-order valence-corrected chi connectivity index (χ3v) is 4.59. The number of nitrogens with zero attached hydrogens (tertiary/aromatic N) is 1. The van der Waals surface area contributed by atoms with Gasteiger partial charge in [0.1, 0.15) is 4.90 Å². The number of sulfonamides is 1. The zero-order valence-corrected chi connectivity index (χ0v) is 8.79. The summed E-state index contributed by atoms with van der Waals surface area (Å²) in [5.74, 6) is 0.957. The minimum atomic E-state index is -3.37. The molecule has 2 unspecified atom stereocenters. The van der Waals surface area contributed by atoms with Crippen molar-refractivity contribution in [2.45, 2.75) is 10.9 Å². The van der Waals surface area contributed by atoms with Crippen LogP contribution in [0.2, 0.25) is 0 Å². The molecule has 82 valence electrons. The summed E-state index contributed by atoms with van der Waals surface area (Å²) in [4.78, 5) is 0.209. The van der Waals surface area contributed by atoms with E-state index < -0.39 is 10.0 Å². The van der Waals surface area contributed by atoms with Crippen LogP contribution in [0, 0.1) is 11.8 Å². The normalized spacial score (nSPS) is 34.0. The van der Waals surface area contributed by atoms with Crippen LogP contribution in [0.3, 0.4) is 0 Å². The molecular formula is C8H12N4O2S. The molecule has 7 heteroatoms. The van der Waals surface area contributed by atoms with Crippen LogP contribution in [-0.4, -0.2) is 37.7 Å². The third-order valence-electron chi connectivity index (χ3n) is 3.17. The molecule has 2 aliphatic rings. The molecule has 15 heavy (non-hydrogen) atoms. The highest BCUT2D eigenvalue weighted by Crippen LogP contribution is 2.42. The number of rotatable bonds is 3. The Morgan fingerprint density at radius 2 is 2.13 bits per heavy atom. The molecule has 1 saturated carbocycles. The van der Waals surface area contributed by atoms with Crippen LogP contribution in [-0.2, 0) is 10.0 Å². The molecule has 0 radical (unpaired) electrons. The van der Waals surface area contributed by atoms with Gasteiger partial charge in [-0.3, -0.25) is 5.10 Å². The summed E-state index contributed by atoms with van der Waals surface area (Å²) in [6.07, 6.45) is 2.71. The highest BCUT2D eigenvalue weighted by atomic mass is 32.2. The second-order valence-corrected chi connectivity index (χ2v) is 5.78. The van der Waals surface area contributed by atoms with Crippen LogP contribution in [0.5, 0.6) is 0 Å². The molecular weight excluding hydrogens is 216 g/mol. The molecule has 3 rings (SSSR count). The standard InChI is InChI=1S/C8H12N4O2S/c13-15(14,5-1-10-11-2-5)12-8-6-3-9-4-7(6)8/h1-2,6-9,12H,3-4H2,(H,10,11). The third kappa shape index (κ3) is 1.47. The van der Waals surface area contributed by atoms with Gasteiger partial charge in [0.15, 0.2) is 0 Å². The number of fused-ring (bicyclic) bond motifs is 1.